The highest BCUT2D eigenvalue weighted by Gasteiger charge is 2.25. The van der Waals surface area contributed by atoms with Crippen molar-refractivity contribution < 1.29 is 9.84 Å². The molecule has 78 valence electrons. The van der Waals surface area contributed by atoms with Crippen molar-refractivity contribution in [3.63, 3.8) is 0 Å². The smallest absolute Gasteiger partial charge is 0.124 e. The van der Waals surface area contributed by atoms with Crippen molar-refractivity contribution in [3.8, 4) is 5.75 Å². The Kier molecular flexibility index (Phi) is 3.49. The van der Waals surface area contributed by atoms with Gasteiger partial charge in [0, 0.05) is 5.56 Å². The Balaban J connectivity index is 3.04. The van der Waals surface area contributed by atoms with Crippen LogP contribution >= 0.6 is 0 Å². The van der Waals surface area contributed by atoms with Gasteiger partial charge in [0.25, 0.3) is 0 Å². The van der Waals surface area contributed by atoms with Gasteiger partial charge < -0.3 is 15.6 Å². The molecule has 0 aliphatic rings. The molecule has 3 nitrogen and oxygen atoms in total. The summed E-state index contributed by atoms with van der Waals surface area (Å²) in [6, 6.07) is 7.44. The molecule has 3 heteroatoms. The summed E-state index contributed by atoms with van der Waals surface area (Å²) in [6.45, 7) is 2.20. The Labute approximate surface area is 84.5 Å². The van der Waals surface area contributed by atoms with Gasteiger partial charge in [-0.2, -0.15) is 0 Å². The molecular formula is C11H17NO2. The first-order valence-corrected chi connectivity index (χ1v) is 4.68. The first-order valence-electron chi connectivity index (χ1n) is 4.68. The standard InChI is InChI=1S/C11H17NO2/c1-11(13,7-8-12)9-5-3-4-6-10(9)14-2/h3-6,13H,7-8,12H2,1-2H3. The summed E-state index contributed by atoms with van der Waals surface area (Å²) < 4.78 is 5.18. The van der Waals surface area contributed by atoms with Gasteiger partial charge in [0.2, 0.25) is 0 Å². The third-order valence-electron chi connectivity index (χ3n) is 2.32. The molecule has 1 aromatic rings. The van der Waals surface area contributed by atoms with Crippen LogP contribution < -0.4 is 10.5 Å². The molecule has 0 radical (unpaired) electrons. The van der Waals surface area contributed by atoms with Crippen molar-refractivity contribution in [1.29, 1.82) is 0 Å². The molecule has 1 aromatic carbocycles. The van der Waals surface area contributed by atoms with Crippen molar-refractivity contribution >= 4 is 0 Å². The molecule has 1 unspecified atom stereocenters. The summed E-state index contributed by atoms with van der Waals surface area (Å²) in [5.41, 5.74) is 5.31. The van der Waals surface area contributed by atoms with E-state index < -0.39 is 5.60 Å². The monoisotopic (exact) mass is 195 g/mol. The number of aliphatic hydroxyl groups is 1. The maximum atomic E-state index is 10.1. The number of methoxy groups -OCH3 is 1. The van der Waals surface area contributed by atoms with Crippen LogP contribution in [-0.4, -0.2) is 18.8 Å². The molecule has 0 spiro atoms. The number of hydrogen-bond donors (Lipinski definition) is 2. The summed E-state index contributed by atoms with van der Waals surface area (Å²) in [4.78, 5) is 0. The molecule has 1 atom stereocenters. The van der Waals surface area contributed by atoms with Crippen molar-refractivity contribution in [1.82, 2.24) is 0 Å². The molecule has 0 aromatic heterocycles. The lowest BCUT2D eigenvalue weighted by molar-refractivity contribution is 0.0479. The molecule has 0 aliphatic heterocycles. The van der Waals surface area contributed by atoms with E-state index in [4.69, 9.17) is 10.5 Å². The van der Waals surface area contributed by atoms with Gasteiger partial charge in [0.1, 0.15) is 5.75 Å². The number of benzene rings is 1. The van der Waals surface area contributed by atoms with E-state index >= 15 is 0 Å². The van der Waals surface area contributed by atoms with Crippen LogP contribution in [0.3, 0.4) is 0 Å². The van der Waals surface area contributed by atoms with Crippen LogP contribution in [-0.2, 0) is 5.60 Å². The topological polar surface area (TPSA) is 55.5 Å². The molecule has 0 fully saturated rings. The first-order chi connectivity index (χ1) is 6.61. The second kappa shape index (κ2) is 4.44. The van der Waals surface area contributed by atoms with Gasteiger partial charge in [-0.1, -0.05) is 18.2 Å². The zero-order valence-electron chi connectivity index (χ0n) is 8.66. The average molecular weight is 195 g/mol. The van der Waals surface area contributed by atoms with Gasteiger partial charge in [-0.25, -0.2) is 0 Å². The zero-order valence-corrected chi connectivity index (χ0v) is 8.66. The lowest BCUT2D eigenvalue weighted by Crippen LogP contribution is -2.25. The minimum atomic E-state index is -0.915. The lowest BCUT2D eigenvalue weighted by Gasteiger charge is -2.24. The minimum Gasteiger partial charge on any atom is -0.496 e. The Morgan fingerprint density at radius 1 is 1.43 bits per heavy atom. The predicted molar refractivity (Wildman–Crippen MR) is 56.2 cm³/mol. The quantitative estimate of drug-likeness (QED) is 0.760. The van der Waals surface area contributed by atoms with E-state index in [-0.39, 0.29) is 0 Å². The van der Waals surface area contributed by atoms with Crippen LogP contribution in [0.2, 0.25) is 0 Å². The van der Waals surface area contributed by atoms with Gasteiger partial charge in [-0.05, 0) is 26.0 Å². The Hall–Kier alpha value is -1.06. The lowest BCUT2D eigenvalue weighted by atomic mass is 9.92. The highest BCUT2D eigenvalue weighted by molar-refractivity contribution is 5.37. The molecule has 1 rings (SSSR count). The fraction of sp³-hybridized carbons (Fsp3) is 0.455. The number of rotatable bonds is 4. The molecule has 3 N–H and O–H groups in total. The average Bonchev–Trinajstić information content (AvgIpc) is 2.18. The molecule has 0 aliphatic carbocycles. The van der Waals surface area contributed by atoms with Gasteiger partial charge >= 0.3 is 0 Å². The van der Waals surface area contributed by atoms with Crippen LogP contribution in [0.5, 0.6) is 5.75 Å². The third kappa shape index (κ3) is 2.25. The maximum absolute atomic E-state index is 10.1. The Morgan fingerprint density at radius 2 is 2.07 bits per heavy atom. The van der Waals surface area contributed by atoms with E-state index in [9.17, 15) is 5.11 Å². The van der Waals surface area contributed by atoms with Crippen LogP contribution in [0.1, 0.15) is 18.9 Å². The molecular weight excluding hydrogens is 178 g/mol. The normalized spacial score (nSPS) is 14.9. The maximum Gasteiger partial charge on any atom is 0.124 e. The first kappa shape index (κ1) is 11.0. The molecule has 0 saturated heterocycles. The van der Waals surface area contributed by atoms with Crippen molar-refractivity contribution in [2.45, 2.75) is 18.9 Å². The molecule has 0 saturated carbocycles. The molecule has 0 heterocycles. The van der Waals surface area contributed by atoms with Crippen LogP contribution in [0.15, 0.2) is 24.3 Å². The van der Waals surface area contributed by atoms with E-state index in [1.165, 1.54) is 0 Å². The van der Waals surface area contributed by atoms with Crippen LogP contribution in [0, 0.1) is 0 Å². The number of hydrogen-bond acceptors (Lipinski definition) is 3. The van der Waals surface area contributed by atoms with E-state index in [0.29, 0.717) is 18.7 Å². The second-order valence-corrected chi connectivity index (χ2v) is 3.51. The van der Waals surface area contributed by atoms with Gasteiger partial charge in [-0.15, -0.1) is 0 Å². The Bertz CT molecular complexity index is 297. The van der Waals surface area contributed by atoms with Crippen molar-refractivity contribution in [3.05, 3.63) is 29.8 Å². The van der Waals surface area contributed by atoms with E-state index in [2.05, 4.69) is 0 Å². The largest absolute Gasteiger partial charge is 0.496 e. The van der Waals surface area contributed by atoms with Crippen LogP contribution in [0.4, 0.5) is 0 Å². The van der Waals surface area contributed by atoms with E-state index in [0.717, 1.165) is 5.56 Å². The van der Waals surface area contributed by atoms with Gasteiger partial charge in [-0.3, -0.25) is 0 Å². The van der Waals surface area contributed by atoms with E-state index in [1.54, 1.807) is 14.0 Å². The second-order valence-electron chi connectivity index (χ2n) is 3.51. The van der Waals surface area contributed by atoms with Crippen molar-refractivity contribution in [2.75, 3.05) is 13.7 Å². The van der Waals surface area contributed by atoms with Crippen LogP contribution in [0.25, 0.3) is 0 Å². The Morgan fingerprint density at radius 3 is 2.64 bits per heavy atom. The molecule has 0 bridgehead atoms. The number of nitrogens with two attached hydrogens (primary N) is 1. The fourth-order valence-electron chi connectivity index (χ4n) is 1.51. The highest BCUT2D eigenvalue weighted by atomic mass is 16.5. The minimum absolute atomic E-state index is 0.449. The van der Waals surface area contributed by atoms with Gasteiger partial charge in [0.05, 0.1) is 12.7 Å². The SMILES string of the molecule is COc1ccccc1C(C)(O)CCN. The van der Waals surface area contributed by atoms with E-state index in [1.807, 2.05) is 24.3 Å². The summed E-state index contributed by atoms with van der Waals surface area (Å²) in [5.74, 6) is 0.700. The number of ether oxygens (including phenoxy) is 1. The fourth-order valence-corrected chi connectivity index (χ4v) is 1.51. The predicted octanol–water partition coefficient (Wildman–Crippen LogP) is 1.25. The van der Waals surface area contributed by atoms with Crippen molar-refractivity contribution in [2.24, 2.45) is 5.73 Å². The third-order valence-corrected chi connectivity index (χ3v) is 2.32. The zero-order chi connectivity index (χ0) is 10.6. The molecule has 14 heavy (non-hydrogen) atoms. The summed E-state index contributed by atoms with van der Waals surface area (Å²) in [6.07, 6.45) is 0.521. The summed E-state index contributed by atoms with van der Waals surface area (Å²) >= 11 is 0. The summed E-state index contributed by atoms with van der Waals surface area (Å²) in [7, 11) is 1.59. The number of para-hydroxylation sites is 1. The summed E-state index contributed by atoms with van der Waals surface area (Å²) in [5, 5.41) is 10.1. The molecule has 0 amide bonds. The highest BCUT2D eigenvalue weighted by Crippen LogP contribution is 2.31. The van der Waals surface area contributed by atoms with Gasteiger partial charge in [0.15, 0.2) is 0 Å².